The van der Waals surface area contributed by atoms with Crippen molar-refractivity contribution in [1.29, 1.82) is 0 Å². The summed E-state index contributed by atoms with van der Waals surface area (Å²) in [5.74, 6) is -1.90. The van der Waals surface area contributed by atoms with Crippen LogP contribution in [0.15, 0.2) is 30.4 Å². The fraction of sp³-hybridized carbons (Fsp3) is 0.476. The third kappa shape index (κ3) is 3.22. The van der Waals surface area contributed by atoms with E-state index in [1.165, 1.54) is 4.90 Å². The normalized spacial score (nSPS) is 30.1. The number of rotatable bonds is 3. The van der Waals surface area contributed by atoms with Crippen molar-refractivity contribution in [3.05, 3.63) is 40.9 Å². The molecule has 0 aliphatic carbocycles. The van der Waals surface area contributed by atoms with Gasteiger partial charge < -0.3 is 15.4 Å². The van der Waals surface area contributed by atoms with Crippen LogP contribution in [0.1, 0.15) is 26.3 Å². The topological polar surface area (TPSA) is 87.7 Å². The van der Waals surface area contributed by atoms with Crippen molar-refractivity contribution in [3.63, 3.8) is 0 Å². The summed E-state index contributed by atoms with van der Waals surface area (Å²) < 4.78 is 6.03. The Labute approximate surface area is 174 Å². The minimum absolute atomic E-state index is 0.102. The first kappa shape index (κ1) is 19.9. The second-order valence-electron chi connectivity index (χ2n) is 8.90. The molecule has 3 aliphatic heterocycles. The molecule has 8 heteroatoms. The summed E-state index contributed by atoms with van der Waals surface area (Å²) in [6, 6.07) is 4.78. The molecule has 2 saturated heterocycles. The Morgan fingerprint density at radius 3 is 2.66 bits per heavy atom. The van der Waals surface area contributed by atoms with Gasteiger partial charge >= 0.3 is 6.03 Å². The number of halogens is 1. The van der Waals surface area contributed by atoms with Crippen LogP contribution in [0.2, 0.25) is 5.02 Å². The highest BCUT2D eigenvalue weighted by atomic mass is 35.5. The minimum atomic E-state index is -1.03. The van der Waals surface area contributed by atoms with Gasteiger partial charge in [0.2, 0.25) is 11.8 Å². The van der Waals surface area contributed by atoms with E-state index in [2.05, 4.69) is 10.6 Å². The van der Waals surface area contributed by atoms with E-state index in [1.54, 1.807) is 30.4 Å². The van der Waals surface area contributed by atoms with Gasteiger partial charge in [-0.2, -0.15) is 0 Å². The Kier molecular flexibility index (Phi) is 4.51. The molecule has 7 nitrogen and oxygen atoms in total. The number of imide groups is 1. The number of nitrogens with one attached hydrogen (secondary N) is 2. The third-order valence-corrected chi connectivity index (χ3v) is 5.99. The van der Waals surface area contributed by atoms with E-state index in [9.17, 15) is 14.4 Å². The second kappa shape index (κ2) is 6.57. The lowest BCUT2D eigenvalue weighted by Gasteiger charge is -2.30. The molecule has 3 aliphatic rings. The lowest BCUT2D eigenvalue weighted by atomic mass is 9.77. The van der Waals surface area contributed by atoms with Crippen LogP contribution < -0.4 is 15.5 Å². The first-order chi connectivity index (χ1) is 13.5. The number of nitrogens with zero attached hydrogens (tertiary/aromatic N) is 1. The van der Waals surface area contributed by atoms with E-state index in [0.717, 1.165) is 5.56 Å². The van der Waals surface area contributed by atoms with Crippen molar-refractivity contribution in [2.75, 3.05) is 11.4 Å². The molecule has 1 aromatic carbocycles. The average molecular weight is 418 g/mol. The standard InChI is InChI=1S/C21H24ClN3O4/c1-11-5-6-12(9-13(11)22)25-17(26)15-14-7-8-21(29-14,16(15)18(25)27)10-23-19(28)24-20(2,3)4/h5-9,14-16H,10H2,1-4H3,(H2,23,24,28)/t14-,15+,16+,21-/m1/s1. The predicted octanol–water partition coefficient (Wildman–Crippen LogP) is 2.56. The number of aryl methyl sites for hydroxylation is 1. The summed E-state index contributed by atoms with van der Waals surface area (Å²) in [6.45, 7) is 7.59. The first-order valence-electron chi connectivity index (χ1n) is 9.60. The maximum Gasteiger partial charge on any atom is 0.315 e. The molecule has 1 aromatic rings. The van der Waals surface area contributed by atoms with Gasteiger partial charge in [0.25, 0.3) is 0 Å². The van der Waals surface area contributed by atoms with Gasteiger partial charge in [-0.3, -0.25) is 9.59 Å². The number of urea groups is 1. The number of amides is 4. The molecule has 2 fully saturated rings. The molecule has 0 aromatic heterocycles. The van der Waals surface area contributed by atoms with Gasteiger partial charge in [0, 0.05) is 10.6 Å². The number of fused-ring (bicyclic) bond motifs is 5. The second-order valence-corrected chi connectivity index (χ2v) is 9.31. The van der Waals surface area contributed by atoms with Crippen LogP contribution in [0.25, 0.3) is 0 Å². The predicted molar refractivity (Wildman–Crippen MR) is 109 cm³/mol. The molecular formula is C21H24ClN3O4. The molecule has 3 heterocycles. The van der Waals surface area contributed by atoms with E-state index in [1.807, 2.05) is 27.7 Å². The molecule has 29 heavy (non-hydrogen) atoms. The summed E-state index contributed by atoms with van der Waals surface area (Å²) in [5.41, 5.74) is -0.0981. The molecule has 0 radical (unpaired) electrons. The van der Waals surface area contributed by atoms with Crippen molar-refractivity contribution in [1.82, 2.24) is 10.6 Å². The number of carbonyl (C=O) groups excluding carboxylic acids is 3. The van der Waals surface area contributed by atoms with Gasteiger partial charge in [-0.1, -0.05) is 29.8 Å². The van der Waals surface area contributed by atoms with Crippen molar-refractivity contribution >= 4 is 35.1 Å². The van der Waals surface area contributed by atoms with Crippen LogP contribution in [-0.2, 0) is 14.3 Å². The molecule has 0 saturated carbocycles. The van der Waals surface area contributed by atoms with Crippen molar-refractivity contribution in [2.24, 2.45) is 11.8 Å². The monoisotopic (exact) mass is 417 g/mol. The van der Waals surface area contributed by atoms with E-state index in [-0.39, 0.29) is 24.4 Å². The Morgan fingerprint density at radius 1 is 1.28 bits per heavy atom. The van der Waals surface area contributed by atoms with E-state index in [4.69, 9.17) is 16.3 Å². The minimum Gasteiger partial charge on any atom is -0.360 e. The third-order valence-electron chi connectivity index (χ3n) is 5.58. The zero-order valence-corrected chi connectivity index (χ0v) is 17.5. The fourth-order valence-electron chi connectivity index (χ4n) is 4.28. The highest BCUT2D eigenvalue weighted by Crippen LogP contribution is 2.52. The van der Waals surface area contributed by atoms with E-state index >= 15 is 0 Å². The Morgan fingerprint density at radius 2 is 2.00 bits per heavy atom. The summed E-state index contributed by atoms with van der Waals surface area (Å²) in [5, 5.41) is 6.10. The fourth-order valence-corrected chi connectivity index (χ4v) is 4.46. The number of ether oxygens (including phenoxy) is 1. The molecule has 0 spiro atoms. The zero-order valence-electron chi connectivity index (χ0n) is 16.8. The van der Waals surface area contributed by atoms with Crippen LogP contribution in [0.4, 0.5) is 10.5 Å². The van der Waals surface area contributed by atoms with Crippen LogP contribution in [0.3, 0.4) is 0 Å². The maximum absolute atomic E-state index is 13.3. The summed E-state index contributed by atoms with van der Waals surface area (Å²) in [4.78, 5) is 39.8. The van der Waals surface area contributed by atoms with Crippen molar-refractivity contribution in [2.45, 2.75) is 44.9 Å². The van der Waals surface area contributed by atoms with Crippen LogP contribution >= 0.6 is 11.6 Å². The van der Waals surface area contributed by atoms with Crippen LogP contribution in [0, 0.1) is 18.8 Å². The van der Waals surface area contributed by atoms with Gasteiger partial charge in [-0.15, -0.1) is 0 Å². The summed E-state index contributed by atoms with van der Waals surface area (Å²) in [7, 11) is 0. The molecule has 2 N–H and O–H groups in total. The average Bonchev–Trinajstić information content (AvgIpc) is 3.25. The van der Waals surface area contributed by atoms with E-state index < -0.39 is 29.1 Å². The van der Waals surface area contributed by atoms with Crippen LogP contribution in [-0.4, -0.2) is 41.6 Å². The Bertz CT molecular complexity index is 938. The van der Waals surface area contributed by atoms with Gasteiger partial charge in [0.15, 0.2) is 0 Å². The van der Waals surface area contributed by atoms with Crippen molar-refractivity contribution in [3.8, 4) is 0 Å². The lowest BCUT2D eigenvalue weighted by Crippen LogP contribution is -2.53. The number of hydrogen-bond donors (Lipinski definition) is 2. The smallest absolute Gasteiger partial charge is 0.315 e. The van der Waals surface area contributed by atoms with Gasteiger partial charge in [0.1, 0.15) is 5.60 Å². The van der Waals surface area contributed by atoms with Gasteiger partial charge in [-0.05, 0) is 45.4 Å². The van der Waals surface area contributed by atoms with Gasteiger partial charge in [0.05, 0.1) is 30.2 Å². The van der Waals surface area contributed by atoms with Gasteiger partial charge in [-0.25, -0.2) is 9.69 Å². The van der Waals surface area contributed by atoms with E-state index in [0.29, 0.717) is 10.7 Å². The molecule has 4 atom stereocenters. The number of carbonyl (C=O) groups is 3. The summed E-state index contributed by atoms with van der Waals surface area (Å²) >= 11 is 6.20. The number of hydrogen-bond acceptors (Lipinski definition) is 4. The zero-order chi connectivity index (χ0) is 21.1. The number of anilines is 1. The Balaban J connectivity index is 1.58. The largest absolute Gasteiger partial charge is 0.360 e. The first-order valence-corrected chi connectivity index (χ1v) is 9.97. The molecule has 4 rings (SSSR count). The number of benzene rings is 1. The Hall–Kier alpha value is -2.38. The maximum atomic E-state index is 13.3. The highest BCUT2D eigenvalue weighted by Gasteiger charge is 2.67. The molecule has 4 amide bonds. The highest BCUT2D eigenvalue weighted by molar-refractivity contribution is 6.32. The van der Waals surface area contributed by atoms with Crippen molar-refractivity contribution < 1.29 is 19.1 Å². The lowest BCUT2D eigenvalue weighted by molar-refractivity contribution is -0.126. The van der Waals surface area contributed by atoms with Crippen LogP contribution in [0.5, 0.6) is 0 Å². The SMILES string of the molecule is Cc1ccc(N2C(=O)[C@@H]3[C@@H](C2=O)[C@]2(CNC(=O)NC(C)(C)C)C=C[C@H]3O2)cc1Cl. The molecule has 0 unspecified atom stereocenters. The molecular weight excluding hydrogens is 394 g/mol. The summed E-state index contributed by atoms with van der Waals surface area (Å²) in [6.07, 6.45) is 3.13. The molecule has 154 valence electrons. The quantitative estimate of drug-likeness (QED) is 0.584. The molecule has 2 bridgehead atoms.